The van der Waals surface area contributed by atoms with Crippen LogP contribution >= 0.6 is 0 Å². The zero-order valence-electron chi connectivity index (χ0n) is 15.7. The molecular weight excluding hydrogens is 340 g/mol. The molecule has 2 aromatic carbocycles. The number of carbonyl (C=O) groups excluding carboxylic acids is 2. The van der Waals surface area contributed by atoms with E-state index in [4.69, 9.17) is 4.74 Å². The number of carbonyl (C=O) groups is 2. The average Bonchev–Trinajstić information content (AvgIpc) is 3.01. The maximum absolute atomic E-state index is 13.2. The molecule has 2 aromatic rings. The van der Waals surface area contributed by atoms with Gasteiger partial charge >= 0.3 is 5.97 Å². The standard InChI is InChI=1S/C22H22N2O3/c1-4-27-19(25)14-16(3)20-22(26)24(18-12-10-15(2)11-13-18)21(23-20)17-8-6-5-7-9-17/h5-13H,4,14H2,1-3H3/b20-16-. The van der Waals surface area contributed by atoms with E-state index in [2.05, 4.69) is 4.99 Å². The molecule has 0 N–H and O–H groups in total. The van der Waals surface area contributed by atoms with Crippen LogP contribution in [0.2, 0.25) is 0 Å². The van der Waals surface area contributed by atoms with Gasteiger partial charge in [0.25, 0.3) is 5.91 Å². The second-order valence-corrected chi connectivity index (χ2v) is 6.39. The maximum Gasteiger partial charge on any atom is 0.309 e. The molecular formula is C22H22N2O3. The Bertz CT molecular complexity index is 912. The molecule has 138 valence electrons. The highest BCUT2D eigenvalue weighted by atomic mass is 16.5. The molecule has 0 saturated carbocycles. The minimum Gasteiger partial charge on any atom is -0.466 e. The molecule has 5 heteroatoms. The highest BCUT2D eigenvalue weighted by Gasteiger charge is 2.33. The van der Waals surface area contributed by atoms with Crippen molar-refractivity contribution in [3.05, 3.63) is 77.0 Å². The molecule has 1 aliphatic rings. The number of hydrogen-bond donors (Lipinski definition) is 0. The van der Waals surface area contributed by atoms with Gasteiger partial charge in [-0.1, -0.05) is 48.0 Å². The third-order valence-corrected chi connectivity index (χ3v) is 4.28. The molecule has 1 amide bonds. The first-order valence-electron chi connectivity index (χ1n) is 8.92. The minimum atomic E-state index is -0.361. The predicted octanol–water partition coefficient (Wildman–Crippen LogP) is 4.02. The maximum atomic E-state index is 13.2. The van der Waals surface area contributed by atoms with Crippen molar-refractivity contribution in [1.82, 2.24) is 0 Å². The lowest BCUT2D eigenvalue weighted by molar-refractivity contribution is -0.142. The number of amides is 1. The molecule has 3 rings (SSSR count). The van der Waals surface area contributed by atoms with Gasteiger partial charge in [0.15, 0.2) is 0 Å². The lowest BCUT2D eigenvalue weighted by Crippen LogP contribution is -2.32. The normalized spacial score (nSPS) is 15.6. The Morgan fingerprint density at radius 2 is 1.74 bits per heavy atom. The highest BCUT2D eigenvalue weighted by Crippen LogP contribution is 2.29. The van der Waals surface area contributed by atoms with Gasteiger partial charge < -0.3 is 4.74 Å². The number of esters is 1. The number of aliphatic imine (C=N–C) groups is 1. The number of ether oxygens (including phenoxy) is 1. The molecule has 5 nitrogen and oxygen atoms in total. The van der Waals surface area contributed by atoms with Crippen LogP contribution < -0.4 is 4.90 Å². The Morgan fingerprint density at radius 3 is 2.37 bits per heavy atom. The molecule has 0 spiro atoms. The van der Waals surface area contributed by atoms with Gasteiger partial charge in [-0.2, -0.15) is 0 Å². The lowest BCUT2D eigenvalue weighted by Gasteiger charge is -2.19. The molecule has 0 bridgehead atoms. The number of aryl methyl sites for hydroxylation is 1. The fraction of sp³-hybridized carbons (Fsp3) is 0.227. The van der Waals surface area contributed by atoms with Crippen LogP contribution in [0.5, 0.6) is 0 Å². The molecule has 1 aliphatic heterocycles. The highest BCUT2D eigenvalue weighted by molar-refractivity contribution is 6.32. The molecule has 0 aliphatic carbocycles. The third-order valence-electron chi connectivity index (χ3n) is 4.28. The Hall–Kier alpha value is -3.21. The number of rotatable bonds is 5. The molecule has 27 heavy (non-hydrogen) atoms. The van der Waals surface area contributed by atoms with Crippen molar-refractivity contribution in [3.63, 3.8) is 0 Å². The van der Waals surface area contributed by atoms with Crippen LogP contribution in [0.25, 0.3) is 0 Å². The molecule has 0 radical (unpaired) electrons. The van der Waals surface area contributed by atoms with E-state index in [0.29, 0.717) is 23.7 Å². The van der Waals surface area contributed by atoms with Crippen LogP contribution in [0.3, 0.4) is 0 Å². The van der Waals surface area contributed by atoms with Crippen LogP contribution in [0, 0.1) is 6.92 Å². The van der Waals surface area contributed by atoms with Crippen LogP contribution in [-0.2, 0) is 14.3 Å². The summed E-state index contributed by atoms with van der Waals surface area (Å²) < 4.78 is 5.00. The number of benzene rings is 2. The van der Waals surface area contributed by atoms with Crippen molar-refractivity contribution < 1.29 is 14.3 Å². The Kier molecular flexibility index (Phi) is 5.50. The fourth-order valence-corrected chi connectivity index (χ4v) is 2.91. The zero-order valence-corrected chi connectivity index (χ0v) is 15.7. The van der Waals surface area contributed by atoms with Crippen molar-refractivity contribution in [2.75, 3.05) is 11.5 Å². The second-order valence-electron chi connectivity index (χ2n) is 6.39. The molecule has 0 atom stereocenters. The SMILES string of the molecule is CCOC(=O)C/C(C)=C1\N=C(c2ccccc2)N(c2ccc(C)cc2)C1=O. The molecule has 0 unspecified atom stereocenters. The van der Waals surface area contributed by atoms with Crippen LogP contribution in [0.4, 0.5) is 5.69 Å². The Morgan fingerprint density at radius 1 is 1.07 bits per heavy atom. The third kappa shape index (κ3) is 3.97. The van der Waals surface area contributed by atoms with Gasteiger partial charge in [0.05, 0.1) is 18.7 Å². The predicted molar refractivity (Wildman–Crippen MR) is 106 cm³/mol. The molecule has 1 heterocycles. The smallest absolute Gasteiger partial charge is 0.309 e. The first-order valence-corrected chi connectivity index (χ1v) is 8.92. The minimum absolute atomic E-state index is 0.0439. The van der Waals surface area contributed by atoms with Crippen molar-refractivity contribution in [2.45, 2.75) is 27.2 Å². The fourth-order valence-electron chi connectivity index (χ4n) is 2.91. The van der Waals surface area contributed by atoms with Gasteiger partial charge in [0.2, 0.25) is 0 Å². The van der Waals surface area contributed by atoms with E-state index in [1.165, 1.54) is 0 Å². The molecule has 0 aromatic heterocycles. The molecule has 0 saturated heterocycles. The first-order chi connectivity index (χ1) is 13.0. The summed E-state index contributed by atoms with van der Waals surface area (Å²) in [5.41, 5.74) is 3.58. The average molecular weight is 362 g/mol. The van der Waals surface area contributed by atoms with E-state index >= 15 is 0 Å². The van der Waals surface area contributed by atoms with E-state index in [1.807, 2.05) is 61.5 Å². The summed E-state index contributed by atoms with van der Waals surface area (Å²) >= 11 is 0. The van der Waals surface area contributed by atoms with Crippen molar-refractivity contribution in [1.29, 1.82) is 0 Å². The van der Waals surface area contributed by atoms with E-state index in [1.54, 1.807) is 18.7 Å². The van der Waals surface area contributed by atoms with Gasteiger partial charge in [-0.05, 0) is 38.5 Å². The summed E-state index contributed by atoms with van der Waals surface area (Å²) in [4.78, 5) is 31.2. The first kappa shape index (κ1) is 18.6. The largest absolute Gasteiger partial charge is 0.466 e. The Balaban J connectivity index is 2.05. The summed E-state index contributed by atoms with van der Waals surface area (Å²) in [6, 6.07) is 17.3. The summed E-state index contributed by atoms with van der Waals surface area (Å²) in [5, 5.41) is 0. The number of anilines is 1. The summed E-state index contributed by atoms with van der Waals surface area (Å²) in [7, 11) is 0. The monoisotopic (exact) mass is 362 g/mol. The van der Waals surface area contributed by atoms with Gasteiger partial charge in [0.1, 0.15) is 11.5 Å². The summed E-state index contributed by atoms with van der Waals surface area (Å²) in [6.45, 7) is 5.81. The van der Waals surface area contributed by atoms with Gasteiger partial charge in [-0.3, -0.25) is 14.5 Å². The Labute approximate surface area is 159 Å². The topological polar surface area (TPSA) is 59.0 Å². The van der Waals surface area contributed by atoms with Crippen LogP contribution in [0.1, 0.15) is 31.4 Å². The van der Waals surface area contributed by atoms with Gasteiger partial charge in [-0.25, -0.2) is 4.99 Å². The van der Waals surface area contributed by atoms with Crippen LogP contribution in [-0.4, -0.2) is 24.3 Å². The van der Waals surface area contributed by atoms with E-state index in [9.17, 15) is 9.59 Å². The second kappa shape index (κ2) is 7.99. The van der Waals surface area contributed by atoms with Gasteiger partial charge in [0, 0.05) is 5.56 Å². The number of nitrogens with zero attached hydrogens (tertiary/aromatic N) is 2. The van der Waals surface area contributed by atoms with E-state index < -0.39 is 0 Å². The molecule has 0 fully saturated rings. The zero-order chi connectivity index (χ0) is 19.4. The van der Waals surface area contributed by atoms with E-state index in [-0.39, 0.29) is 18.3 Å². The van der Waals surface area contributed by atoms with Gasteiger partial charge in [-0.15, -0.1) is 0 Å². The van der Waals surface area contributed by atoms with Crippen molar-refractivity contribution in [3.8, 4) is 0 Å². The number of amidine groups is 1. The summed E-state index contributed by atoms with van der Waals surface area (Å²) in [5.74, 6) is -0.0392. The lowest BCUT2D eigenvalue weighted by atomic mass is 10.1. The van der Waals surface area contributed by atoms with Crippen molar-refractivity contribution >= 4 is 23.4 Å². The van der Waals surface area contributed by atoms with Crippen molar-refractivity contribution in [2.24, 2.45) is 4.99 Å². The van der Waals surface area contributed by atoms with E-state index in [0.717, 1.165) is 16.8 Å². The number of hydrogen-bond acceptors (Lipinski definition) is 4. The quantitative estimate of drug-likeness (QED) is 0.596. The summed E-state index contributed by atoms with van der Waals surface area (Å²) in [6.07, 6.45) is 0.0439. The van der Waals surface area contributed by atoms with Crippen LogP contribution in [0.15, 0.2) is 70.9 Å².